The van der Waals surface area contributed by atoms with Crippen LogP contribution in [0, 0.1) is 0 Å². The van der Waals surface area contributed by atoms with Gasteiger partial charge < -0.3 is 11.1 Å². The summed E-state index contributed by atoms with van der Waals surface area (Å²) in [5, 5.41) is 3.96. The minimum absolute atomic E-state index is 0.461. The maximum Gasteiger partial charge on any atom is 0.144 e. The van der Waals surface area contributed by atoms with E-state index in [2.05, 4.69) is 15.3 Å². The summed E-state index contributed by atoms with van der Waals surface area (Å²) in [5.41, 5.74) is 5.46. The number of hydrogen-bond acceptors (Lipinski definition) is 6. The molecule has 82 valence electrons. The van der Waals surface area contributed by atoms with Gasteiger partial charge in [-0.2, -0.15) is 23.5 Å². The molecule has 1 atom stereocenters. The molecule has 1 fully saturated rings. The molecule has 3 N–H and O–H groups in total. The van der Waals surface area contributed by atoms with Crippen molar-refractivity contribution in [3.8, 4) is 0 Å². The van der Waals surface area contributed by atoms with Gasteiger partial charge in [-0.1, -0.05) is 0 Å². The Hall–Kier alpha value is -0.620. The highest BCUT2D eigenvalue weighted by Crippen LogP contribution is 2.23. The molecule has 0 saturated carbocycles. The van der Waals surface area contributed by atoms with E-state index in [0.717, 1.165) is 12.4 Å². The van der Waals surface area contributed by atoms with Crippen molar-refractivity contribution < 1.29 is 0 Å². The van der Waals surface area contributed by atoms with Crippen LogP contribution >= 0.6 is 23.5 Å². The van der Waals surface area contributed by atoms with Crippen LogP contribution in [0.5, 0.6) is 0 Å². The third-order valence-corrected chi connectivity index (χ3v) is 4.91. The molecule has 0 aliphatic carbocycles. The molecule has 1 saturated heterocycles. The van der Waals surface area contributed by atoms with Gasteiger partial charge in [0.1, 0.15) is 11.6 Å². The second kappa shape index (κ2) is 5.46. The van der Waals surface area contributed by atoms with Crippen LogP contribution in [0.25, 0.3) is 0 Å². The van der Waals surface area contributed by atoms with E-state index in [0.29, 0.717) is 11.1 Å². The monoisotopic (exact) mass is 242 g/mol. The molecule has 0 spiro atoms. The zero-order valence-corrected chi connectivity index (χ0v) is 9.98. The van der Waals surface area contributed by atoms with Crippen LogP contribution in [0.15, 0.2) is 12.4 Å². The van der Waals surface area contributed by atoms with Crippen LogP contribution in [0.3, 0.4) is 0 Å². The molecule has 0 amide bonds. The fraction of sp³-hybridized carbons (Fsp3) is 0.556. The Kier molecular flexibility index (Phi) is 3.96. The van der Waals surface area contributed by atoms with E-state index in [1.165, 1.54) is 17.3 Å². The Morgan fingerprint density at radius 3 is 3.00 bits per heavy atom. The molecule has 1 unspecified atom stereocenters. The van der Waals surface area contributed by atoms with Crippen LogP contribution in [-0.4, -0.2) is 39.0 Å². The summed E-state index contributed by atoms with van der Waals surface area (Å²) in [7, 11) is 0. The lowest BCUT2D eigenvalue weighted by molar-refractivity contribution is 0.988. The number of nitrogens with one attached hydrogen (secondary N) is 1. The lowest BCUT2D eigenvalue weighted by atomic mass is 10.4. The molecule has 2 heterocycles. The molecule has 0 radical (unpaired) electrons. The number of rotatable bonds is 3. The largest absolute Gasteiger partial charge is 0.382 e. The Labute approximate surface area is 97.8 Å². The molecular formula is C9H14N4S2. The normalized spacial score (nSPS) is 21.2. The van der Waals surface area contributed by atoms with Gasteiger partial charge in [-0.05, 0) is 0 Å². The van der Waals surface area contributed by atoms with Crippen molar-refractivity contribution in [1.29, 1.82) is 0 Å². The molecule has 1 aliphatic heterocycles. The van der Waals surface area contributed by atoms with Gasteiger partial charge in [-0.15, -0.1) is 0 Å². The molecule has 1 aliphatic rings. The summed E-state index contributed by atoms with van der Waals surface area (Å²) in [6, 6.07) is 0. The predicted molar refractivity (Wildman–Crippen MR) is 68.5 cm³/mol. The molecule has 1 aromatic heterocycles. The molecule has 2 rings (SSSR count). The van der Waals surface area contributed by atoms with Gasteiger partial charge in [0.25, 0.3) is 0 Å². The second-order valence-corrected chi connectivity index (χ2v) is 5.83. The molecule has 0 aromatic carbocycles. The summed E-state index contributed by atoms with van der Waals surface area (Å²) in [5.74, 6) is 5.02. The summed E-state index contributed by atoms with van der Waals surface area (Å²) in [4.78, 5) is 8.13. The van der Waals surface area contributed by atoms with Gasteiger partial charge in [0.05, 0.1) is 12.4 Å². The topological polar surface area (TPSA) is 63.8 Å². The van der Waals surface area contributed by atoms with Gasteiger partial charge in [0.2, 0.25) is 0 Å². The minimum Gasteiger partial charge on any atom is -0.382 e. The third-order valence-electron chi connectivity index (χ3n) is 2.07. The Morgan fingerprint density at radius 2 is 2.33 bits per heavy atom. The number of nitrogens with zero attached hydrogens (tertiary/aromatic N) is 2. The molecule has 6 heteroatoms. The van der Waals surface area contributed by atoms with Crippen LogP contribution in [0.1, 0.15) is 0 Å². The molecule has 0 bridgehead atoms. The summed E-state index contributed by atoms with van der Waals surface area (Å²) >= 11 is 4.05. The van der Waals surface area contributed by atoms with Crippen molar-refractivity contribution in [2.45, 2.75) is 5.25 Å². The van der Waals surface area contributed by atoms with Crippen molar-refractivity contribution in [2.24, 2.45) is 0 Å². The van der Waals surface area contributed by atoms with E-state index in [1.807, 2.05) is 23.5 Å². The Morgan fingerprint density at radius 1 is 1.40 bits per heavy atom. The minimum atomic E-state index is 0.461. The van der Waals surface area contributed by atoms with Crippen LogP contribution in [0.2, 0.25) is 0 Å². The Balaban J connectivity index is 1.79. The summed E-state index contributed by atoms with van der Waals surface area (Å²) in [6.07, 6.45) is 3.25. The number of aromatic nitrogens is 2. The van der Waals surface area contributed by atoms with Gasteiger partial charge in [-0.3, -0.25) is 0 Å². The molecule has 15 heavy (non-hydrogen) atoms. The van der Waals surface area contributed by atoms with Crippen LogP contribution in [0.4, 0.5) is 11.6 Å². The maximum absolute atomic E-state index is 5.46. The quantitative estimate of drug-likeness (QED) is 0.833. The number of nitrogens with two attached hydrogens (primary N) is 1. The zero-order valence-electron chi connectivity index (χ0n) is 8.35. The summed E-state index contributed by atoms with van der Waals surface area (Å²) in [6.45, 7) is 0.955. The van der Waals surface area contributed by atoms with Gasteiger partial charge in [-0.25, -0.2) is 9.97 Å². The first-order valence-electron chi connectivity index (χ1n) is 4.85. The highest BCUT2D eigenvalue weighted by molar-refractivity contribution is 8.06. The van der Waals surface area contributed by atoms with E-state index in [1.54, 1.807) is 12.4 Å². The first-order chi connectivity index (χ1) is 7.34. The number of thioether (sulfide) groups is 2. The second-order valence-electron chi connectivity index (χ2n) is 3.28. The SMILES string of the molecule is Nc1cnc(NCC2CSCCS2)cn1. The summed E-state index contributed by atoms with van der Waals surface area (Å²) < 4.78 is 0. The van der Waals surface area contributed by atoms with Crippen molar-refractivity contribution in [3.63, 3.8) is 0 Å². The molecule has 4 nitrogen and oxygen atoms in total. The van der Waals surface area contributed by atoms with Crippen molar-refractivity contribution in [3.05, 3.63) is 12.4 Å². The first kappa shape index (κ1) is 10.9. The smallest absolute Gasteiger partial charge is 0.144 e. The maximum atomic E-state index is 5.46. The van der Waals surface area contributed by atoms with E-state index in [4.69, 9.17) is 5.73 Å². The fourth-order valence-corrected chi connectivity index (χ4v) is 3.91. The van der Waals surface area contributed by atoms with Crippen LogP contribution in [-0.2, 0) is 0 Å². The number of nitrogen functional groups attached to an aromatic ring is 1. The van der Waals surface area contributed by atoms with E-state index in [9.17, 15) is 0 Å². The van der Waals surface area contributed by atoms with Crippen molar-refractivity contribution >= 4 is 35.2 Å². The number of hydrogen-bond donors (Lipinski definition) is 2. The van der Waals surface area contributed by atoms with E-state index >= 15 is 0 Å². The highest BCUT2D eigenvalue weighted by Gasteiger charge is 2.13. The van der Waals surface area contributed by atoms with Gasteiger partial charge in [0.15, 0.2) is 0 Å². The average Bonchev–Trinajstić information content (AvgIpc) is 2.30. The standard InChI is InChI=1S/C9H14N4S2/c10-8-4-13-9(5-11-8)12-3-7-6-14-1-2-15-7/h4-5,7H,1-3,6H2,(H2,10,11)(H,12,13). The van der Waals surface area contributed by atoms with Crippen molar-refractivity contribution in [2.75, 3.05) is 34.9 Å². The zero-order chi connectivity index (χ0) is 10.5. The third kappa shape index (κ3) is 3.46. The molecular weight excluding hydrogens is 228 g/mol. The van der Waals surface area contributed by atoms with E-state index in [-0.39, 0.29) is 0 Å². The van der Waals surface area contributed by atoms with E-state index < -0.39 is 0 Å². The first-order valence-corrected chi connectivity index (χ1v) is 7.05. The number of anilines is 2. The van der Waals surface area contributed by atoms with Crippen molar-refractivity contribution in [1.82, 2.24) is 9.97 Å². The highest BCUT2D eigenvalue weighted by atomic mass is 32.2. The predicted octanol–water partition coefficient (Wildman–Crippen LogP) is 1.32. The van der Waals surface area contributed by atoms with Gasteiger partial charge >= 0.3 is 0 Å². The lowest BCUT2D eigenvalue weighted by Gasteiger charge is -2.21. The molecule has 1 aromatic rings. The fourth-order valence-electron chi connectivity index (χ4n) is 1.30. The Bertz CT molecular complexity index is 297. The average molecular weight is 242 g/mol. The van der Waals surface area contributed by atoms with Crippen LogP contribution < -0.4 is 11.1 Å². The van der Waals surface area contributed by atoms with Gasteiger partial charge in [0, 0.05) is 29.1 Å². The lowest BCUT2D eigenvalue weighted by Crippen LogP contribution is -2.23.